The van der Waals surface area contributed by atoms with E-state index >= 15 is 0 Å². The van der Waals surface area contributed by atoms with Gasteiger partial charge in [-0.2, -0.15) is 0 Å². The number of pyridine rings is 1. The lowest BCUT2D eigenvalue weighted by atomic mass is 9.99. The Morgan fingerprint density at radius 1 is 1.18 bits per heavy atom. The predicted molar refractivity (Wildman–Crippen MR) is 88.3 cm³/mol. The summed E-state index contributed by atoms with van der Waals surface area (Å²) in [5.74, 6) is 0.760. The minimum atomic E-state index is -0.230. The van der Waals surface area contributed by atoms with Crippen molar-refractivity contribution in [3.05, 3.63) is 27.7 Å². The van der Waals surface area contributed by atoms with Crippen LogP contribution in [0.5, 0.6) is 5.75 Å². The second-order valence-corrected chi connectivity index (χ2v) is 7.21. The van der Waals surface area contributed by atoms with Gasteiger partial charge in [0.2, 0.25) is 5.43 Å². The molecule has 2 aliphatic rings. The number of aryl methyl sites for hydroxylation is 1. The first-order chi connectivity index (χ1) is 10.6. The Kier molecular flexibility index (Phi) is 4.57. The van der Waals surface area contributed by atoms with Gasteiger partial charge in [0.1, 0.15) is 0 Å². The van der Waals surface area contributed by atoms with Crippen molar-refractivity contribution >= 4 is 0 Å². The van der Waals surface area contributed by atoms with E-state index in [2.05, 4.69) is 16.4 Å². The minimum absolute atomic E-state index is 0.0314. The summed E-state index contributed by atoms with van der Waals surface area (Å²) in [6.07, 6.45) is 7.23. The van der Waals surface area contributed by atoms with E-state index in [9.17, 15) is 9.90 Å². The van der Waals surface area contributed by atoms with Gasteiger partial charge in [0.15, 0.2) is 5.75 Å². The van der Waals surface area contributed by atoms with E-state index < -0.39 is 0 Å². The lowest BCUT2D eigenvalue weighted by Gasteiger charge is -2.32. The highest BCUT2D eigenvalue weighted by Crippen LogP contribution is 2.33. The van der Waals surface area contributed by atoms with Crippen LogP contribution in [-0.4, -0.2) is 27.7 Å². The third-order valence-electron chi connectivity index (χ3n) is 5.46. The van der Waals surface area contributed by atoms with E-state index in [1.54, 1.807) is 6.07 Å². The van der Waals surface area contributed by atoms with Gasteiger partial charge >= 0.3 is 0 Å². The number of nitrogens with zero attached hydrogens (tertiary/aromatic N) is 2. The molecule has 0 unspecified atom stereocenters. The van der Waals surface area contributed by atoms with Crippen LogP contribution in [0.15, 0.2) is 10.9 Å². The van der Waals surface area contributed by atoms with Gasteiger partial charge in [-0.25, -0.2) is 0 Å². The third-order valence-corrected chi connectivity index (χ3v) is 5.46. The van der Waals surface area contributed by atoms with Gasteiger partial charge in [0.05, 0.1) is 5.69 Å². The molecule has 1 aliphatic heterocycles. The summed E-state index contributed by atoms with van der Waals surface area (Å²) >= 11 is 0. The smallest absolute Gasteiger partial charge is 0.223 e. The average Bonchev–Trinajstić information content (AvgIpc) is 3.00. The molecule has 1 aliphatic carbocycles. The molecule has 22 heavy (non-hydrogen) atoms. The van der Waals surface area contributed by atoms with Gasteiger partial charge < -0.3 is 9.67 Å². The van der Waals surface area contributed by atoms with Gasteiger partial charge in [0, 0.05) is 24.3 Å². The summed E-state index contributed by atoms with van der Waals surface area (Å²) in [5.41, 5.74) is 1.61. The molecule has 2 fully saturated rings. The summed E-state index contributed by atoms with van der Waals surface area (Å²) < 4.78 is 2.25. The molecule has 0 aromatic carbocycles. The minimum Gasteiger partial charge on any atom is -0.503 e. The Morgan fingerprint density at radius 2 is 1.82 bits per heavy atom. The topological polar surface area (TPSA) is 45.5 Å². The van der Waals surface area contributed by atoms with Crippen molar-refractivity contribution < 1.29 is 5.11 Å². The highest BCUT2D eigenvalue weighted by Gasteiger charge is 2.25. The Bertz CT molecular complexity index is 579. The fourth-order valence-corrected chi connectivity index (χ4v) is 4.05. The molecule has 0 amide bonds. The van der Waals surface area contributed by atoms with Gasteiger partial charge in [-0.15, -0.1) is 0 Å². The first kappa shape index (κ1) is 15.6. The SMILES string of the molecule is Cc1cc(=O)c(O)c(CN2CCC(C)CC2)n1C1CCCC1. The maximum atomic E-state index is 12.0. The van der Waals surface area contributed by atoms with Crippen molar-refractivity contribution in [2.75, 3.05) is 13.1 Å². The van der Waals surface area contributed by atoms with Crippen molar-refractivity contribution in [2.45, 2.75) is 65.0 Å². The van der Waals surface area contributed by atoms with Crippen molar-refractivity contribution in [1.82, 2.24) is 9.47 Å². The van der Waals surface area contributed by atoms with E-state index in [1.807, 2.05) is 6.92 Å². The van der Waals surface area contributed by atoms with Crippen LogP contribution in [0, 0.1) is 12.8 Å². The summed E-state index contributed by atoms with van der Waals surface area (Å²) in [6, 6.07) is 2.04. The van der Waals surface area contributed by atoms with Gasteiger partial charge in [-0.1, -0.05) is 19.8 Å². The van der Waals surface area contributed by atoms with Crippen LogP contribution < -0.4 is 5.43 Å². The third kappa shape index (κ3) is 3.07. The summed E-state index contributed by atoms with van der Waals surface area (Å²) in [7, 11) is 0. The molecule has 0 atom stereocenters. The van der Waals surface area contributed by atoms with Crippen LogP contribution in [0.1, 0.15) is 62.9 Å². The van der Waals surface area contributed by atoms with Gasteiger partial charge in [0.25, 0.3) is 0 Å². The maximum Gasteiger partial charge on any atom is 0.223 e. The molecule has 3 rings (SSSR count). The molecule has 0 bridgehead atoms. The molecule has 1 aromatic rings. The number of hydrogen-bond donors (Lipinski definition) is 1. The molecule has 122 valence electrons. The zero-order valence-electron chi connectivity index (χ0n) is 13.8. The number of likely N-dealkylation sites (tertiary alicyclic amines) is 1. The molecule has 1 saturated carbocycles. The van der Waals surface area contributed by atoms with Crippen molar-refractivity contribution in [3.63, 3.8) is 0 Å². The van der Waals surface area contributed by atoms with E-state index in [1.165, 1.54) is 25.7 Å². The first-order valence-electron chi connectivity index (χ1n) is 8.72. The van der Waals surface area contributed by atoms with Crippen LogP contribution in [0.25, 0.3) is 0 Å². The molecule has 0 radical (unpaired) electrons. The Hall–Kier alpha value is -1.29. The summed E-state index contributed by atoms with van der Waals surface area (Å²) in [6.45, 7) is 7.13. The molecule has 0 spiro atoms. The lowest BCUT2D eigenvalue weighted by molar-refractivity contribution is 0.177. The quantitative estimate of drug-likeness (QED) is 0.932. The second-order valence-electron chi connectivity index (χ2n) is 7.21. The zero-order valence-corrected chi connectivity index (χ0v) is 13.8. The van der Waals surface area contributed by atoms with Gasteiger partial charge in [-0.05, 0) is 51.6 Å². The monoisotopic (exact) mass is 304 g/mol. The highest BCUT2D eigenvalue weighted by atomic mass is 16.3. The number of aromatic nitrogens is 1. The molecule has 2 heterocycles. The van der Waals surface area contributed by atoms with E-state index in [4.69, 9.17) is 0 Å². The number of rotatable bonds is 3. The Labute approximate surface area is 132 Å². The average molecular weight is 304 g/mol. The molecular weight excluding hydrogens is 276 g/mol. The number of hydrogen-bond acceptors (Lipinski definition) is 3. The highest BCUT2D eigenvalue weighted by molar-refractivity contribution is 5.30. The van der Waals surface area contributed by atoms with E-state index in [0.29, 0.717) is 12.6 Å². The molecule has 1 N–H and O–H groups in total. The van der Waals surface area contributed by atoms with E-state index in [0.717, 1.165) is 43.2 Å². The van der Waals surface area contributed by atoms with Gasteiger partial charge in [-0.3, -0.25) is 9.69 Å². The Balaban J connectivity index is 1.92. The van der Waals surface area contributed by atoms with Crippen LogP contribution in [0.2, 0.25) is 0 Å². The zero-order chi connectivity index (χ0) is 15.7. The lowest BCUT2D eigenvalue weighted by Crippen LogP contribution is -2.34. The van der Waals surface area contributed by atoms with Crippen LogP contribution in [0.4, 0.5) is 0 Å². The van der Waals surface area contributed by atoms with Crippen LogP contribution in [-0.2, 0) is 6.54 Å². The van der Waals surface area contributed by atoms with E-state index in [-0.39, 0.29) is 11.2 Å². The normalized spacial score (nSPS) is 21.5. The largest absolute Gasteiger partial charge is 0.503 e. The van der Waals surface area contributed by atoms with Crippen molar-refractivity contribution in [1.29, 1.82) is 0 Å². The molecule has 1 saturated heterocycles. The molecular formula is C18H28N2O2. The second kappa shape index (κ2) is 6.45. The standard InChI is InChI=1S/C18H28N2O2/c1-13-7-9-19(10-8-13)12-16-18(22)17(21)11-14(2)20(16)15-5-3-4-6-15/h11,13,15,22H,3-10,12H2,1-2H3. The van der Waals surface area contributed by atoms with Crippen LogP contribution in [0.3, 0.4) is 0 Å². The van der Waals surface area contributed by atoms with Crippen molar-refractivity contribution in [2.24, 2.45) is 5.92 Å². The predicted octanol–water partition coefficient (Wildman–Crippen LogP) is 3.21. The summed E-state index contributed by atoms with van der Waals surface area (Å²) in [5, 5.41) is 10.4. The maximum absolute atomic E-state index is 12.0. The first-order valence-corrected chi connectivity index (χ1v) is 8.72. The van der Waals surface area contributed by atoms with Crippen molar-refractivity contribution in [3.8, 4) is 5.75 Å². The number of piperidine rings is 1. The van der Waals surface area contributed by atoms with Crippen LogP contribution >= 0.6 is 0 Å². The number of aromatic hydroxyl groups is 1. The fourth-order valence-electron chi connectivity index (χ4n) is 4.05. The molecule has 4 heteroatoms. The molecule has 4 nitrogen and oxygen atoms in total. The Morgan fingerprint density at radius 3 is 2.45 bits per heavy atom. The molecule has 1 aromatic heterocycles. The fraction of sp³-hybridized carbons (Fsp3) is 0.722. The summed E-state index contributed by atoms with van der Waals surface area (Å²) in [4.78, 5) is 14.4.